The molecule has 4 rings (SSSR count). The van der Waals surface area contributed by atoms with Crippen molar-refractivity contribution in [1.82, 2.24) is 0 Å². The summed E-state index contributed by atoms with van der Waals surface area (Å²) in [6.07, 6.45) is -4.45. The first-order chi connectivity index (χ1) is 17.7. The van der Waals surface area contributed by atoms with Crippen LogP contribution < -0.4 is 14.9 Å². The third kappa shape index (κ3) is 5.80. The Balaban J connectivity index is 1.67. The van der Waals surface area contributed by atoms with Gasteiger partial charge in [-0.25, -0.2) is 9.59 Å². The van der Waals surface area contributed by atoms with Crippen molar-refractivity contribution in [3.05, 3.63) is 99.9 Å². The van der Waals surface area contributed by atoms with E-state index in [0.717, 1.165) is 6.07 Å². The highest BCUT2D eigenvalue weighted by Gasteiger charge is 2.40. The first-order valence-corrected chi connectivity index (χ1v) is 11.1. The lowest BCUT2D eigenvalue weighted by Gasteiger charge is -2.14. The number of ether oxygens (including phenoxy) is 3. The van der Waals surface area contributed by atoms with Crippen LogP contribution in [0.5, 0.6) is 17.2 Å². The predicted molar refractivity (Wildman–Crippen MR) is 126 cm³/mol. The van der Waals surface area contributed by atoms with Gasteiger partial charge in [-0.1, -0.05) is 25.1 Å². The van der Waals surface area contributed by atoms with Crippen LogP contribution in [0.3, 0.4) is 0 Å². The van der Waals surface area contributed by atoms with Crippen LogP contribution in [-0.2, 0) is 10.9 Å². The Morgan fingerprint density at radius 3 is 2.16 bits per heavy atom. The minimum atomic E-state index is -5.08. The molecule has 1 heterocycles. The van der Waals surface area contributed by atoms with Gasteiger partial charge < -0.3 is 18.6 Å². The molecule has 1 aromatic heterocycles. The lowest BCUT2D eigenvalue weighted by atomic mass is 10.2. The molecule has 10 heteroatoms. The van der Waals surface area contributed by atoms with Crippen molar-refractivity contribution < 1.29 is 41.4 Å². The van der Waals surface area contributed by atoms with Crippen LogP contribution in [0.15, 0.2) is 82.0 Å². The van der Waals surface area contributed by atoms with E-state index in [1.54, 1.807) is 18.2 Å². The van der Waals surface area contributed by atoms with Crippen molar-refractivity contribution in [3.63, 3.8) is 0 Å². The van der Waals surface area contributed by atoms with Crippen molar-refractivity contribution in [3.8, 4) is 17.2 Å². The molecule has 4 aromatic rings. The molecule has 0 fully saturated rings. The summed E-state index contributed by atoms with van der Waals surface area (Å²) in [4.78, 5) is 37.2. The largest absolute Gasteiger partial charge is 0.462 e. The first-order valence-electron chi connectivity index (χ1n) is 11.1. The lowest BCUT2D eigenvalue weighted by Crippen LogP contribution is -2.15. The summed E-state index contributed by atoms with van der Waals surface area (Å²) in [6.45, 7) is 2.05. The highest BCUT2D eigenvalue weighted by molar-refractivity contribution is 5.91. The average Bonchev–Trinajstić information content (AvgIpc) is 2.89. The Kier molecular flexibility index (Phi) is 7.28. The first kappa shape index (κ1) is 25.5. The van der Waals surface area contributed by atoms with Gasteiger partial charge in [-0.3, -0.25) is 4.79 Å². The highest BCUT2D eigenvalue weighted by atomic mass is 19.4. The van der Waals surface area contributed by atoms with Crippen molar-refractivity contribution in [2.75, 3.05) is 6.61 Å². The third-order valence-electron chi connectivity index (χ3n) is 5.05. The molecule has 0 aliphatic carbocycles. The van der Waals surface area contributed by atoms with Crippen LogP contribution >= 0.6 is 0 Å². The van der Waals surface area contributed by atoms with Gasteiger partial charge in [0.15, 0.2) is 0 Å². The van der Waals surface area contributed by atoms with Gasteiger partial charge >= 0.3 is 18.1 Å². The number of hydrogen-bond acceptors (Lipinski definition) is 7. The van der Waals surface area contributed by atoms with E-state index in [-0.39, 0.29) is 34.6 Å². The number of benzene rings is 3. The fourth-order valence-corrected chi connectivity index (χ4v) is 3.29. The Bertz CT molecular complexity index is 1490. The molecule has 0 spiro atoms. The van der Waals surface area contributed by atoms with Gasteiger partial charge in [-0.05, 0) is 55.0 Å². The van der Waals surface area contributed by atoms with E-state index in [2.05, 4.69) is 0 Å². The highest BCUT2D eigenvalue weighted by Crippen LogP contribution is 2.38. The second kappa shape index (κ2) is 10.6. The molecular weight excluding hydrogens is 493 g/mol. The van der Waals surface area contributed by atoms with Crippen LogP contribution in [0.4, 0.5) is 13.2 Å². The maximum Gasteiger partial charge on any atom is 0.453 e. The summed E-state index contributed by atoms with van der Waals surface area (Å²) < 4.78 is 62.0. The molecule has 37 heavy (non-hydrogen) atoms. The molecule has 0 saturated heterocycles. The lowest BCUT2D eigenvalue weighted by molar-refractivity contribution is -0.154. The quantitative estimate of drug-likeness (QED) is 0.209. The second-order valence-corrected chi connectivity index (χ2v) is 7.76. The number of esters is 2. The molecule has 0 aliphatic rings. The van der Waals surface area contributed by atoms with Gasteiger partial charge in [0.1, 0.15) is 17.1 Å². The summed E-state index contributed by atoms with van der Waals surface area (Å²) in [5.41, 5.74) is -1.13. The predicted octanol–water partition coefficient (Wildman–Crippen LogP) is 6.39. The zero-order valence-corrected chi connectivity index (χ0v) is 19.3. The molecule has 0 N–H and O–H groups in total. The van der Waals surface area contributed by atoms with E-state index in [0.29, 0.717) is 6.42 Å². The standard InChI is InChI=1S/C27H19F3O7/c1-2-14-34-25(32)17-8-10-18(11-9-17)35-23-22(31)20-13-12-19(15-21(20)37-24(23)27(28,29)30)36-26(33)16-6-4-3-5-7-16/h3-13,15H,2,14H2,1H3. The molecule has 3 aromatic carbocycles. The normalized spacial score (nSPS) is 11.2. The number of rotatable bonds is 7. The zero-order chi connectivity index (χ0) is 26.6. The second-order valence-electron chi connectivity index (χ2n) is 7.76. The van der Waals surface area contributed by atoms with Gasteiger partial charge in [0, 0.05) is 6.07 Å². The van der Waals surface area contributed by atoms with Crippen LogP contribution in [0.25, 0.3) is 11.0 Å². The minimum Gasteiger partial charge on any atom is -0.462 e. The van der Waals surface area contributed by atoms with Gasteiger partial charge in [-0.15, -0.1) is 0 Å². The SMILES string of the molecule is CCCOC(=O)c1ccc(Oc2c(C(F)(F)F)oc3cc(OC(=O)c4ccccc4)ccc3c2=O)cc1. The molecule has 0 aliphatic heterocycles. The number of alkyl halides is 3. The Labute approximate surface area is 208 Å². The number of hydrogen-bond donors (Lipinski definition) is 0. The molecule has 7 nitrogen and oxygen atoms in total. The van der Waals surface area contributed by atoms with E-state index in [1.807, 2.05) is 6.92 Å². The Morgan fingerprint density at radius 2 is 1.51 bits per heavy atom. The summed E-state index contributed by atoms with van der Waals surface area (Å²) in [5.74, 6) is -4.31. The van der Waals surface area contributed by atoms with E-state index >= 15 is 0 Å². The molecule has 0 saturated carbocycles. The fraction of sp³-hybridized carbons (Fsp3) is 0.148. The van der Waals surface area contributed by atoms with Crippen molar-refractivity contribution in [1.29, 1.82) is 0 Å². The number of carbonyl (C=O) groups is 2. The van der Waals surface area contributed by atoms with Gasteiger partial charge in [0.2, 0.25) is 11.2 Å². The van der Waals surface area contributed by atoms with Crippen LogP contribution in [0.2, 0.25) is 0 Å². The van der Waals surface area contributed by atoms with Crippen molar-refractivity contribution >= 4 is 22.9 Å². The molecule has 0 bridgehead atoms. The molecule has 0 radical (unpaired) electrons. The van der Waals surface area contributed by atoms with Crippen molar-refractivity contribution in [2.45, 2.75) is 19.5 Å². The monoisotopic (exact) mass is 512 g/mol. The van der Waals surface area contributed by atoms with Crippen LogP contribution in [0, 0.1) is 0 Å². The van der Waals surface area contributed by atoms with Gasteiger partial charge in [-0.2, -0.15) is 13.2 Å². The van der Waals surface area contributed by atoms with E-state index < -0.39 is 40.6 Å². The molecule has 0 atom stereocenters. The summed E-state index contributed by atoms with van der Waals surface area (Å²) in [7, 11) is 0. The Morgan fingerprint density at radius 1 is 0.865 bits per heavy atom. The van der Waals surface area contributed by atoms with E-state index in [9.17, 15) is 27.6 Å². The van der Waals surface area contributed by atoms with Crippen LogP contribution in [-0.4, -0.2) is 18.5 Å². The van der Waals surface area contributed by atoms with Crippen molar-refractivity contribution in [2.24, 2.45) is 0 Å². The average molecular weight is 512 g/mol. The molecular formula is C27H19F3O7. The number of carbonyl (C=O) groups excluding carboxylic acids is 2. The van der Waals surface area contributed by atoms with Gasteiger partial charge in [0.05, 0.1) is 23.1 Å². The third-order valence-corrected chi connectivity index (χ3v) is 5.05. The smallest absolute Gasteiger partial charge is 0.453 e. The molecule has 0 amide bonds. The number of fused-ring (bicyclic) bond motifs is 1. The Hall–Kier alpha value is -4.60. The van der Waals surface area contributed by atoms with E-state index in [4.69, 9.17) is 18.6 Å². The number of halogens is 3. The van der Waals surface area contributed by atoms with Crippen LogP contribution in [0.1, 0.15) is 39.8 Å². The minimum absolute atomic E-state index is 0.114. The maximum atomic E-state index is 13.8. The maximum absolute atomic E-state index is 13.8. The zero-order valence-electron chi connectivity index (χ0n) is 19.3. The van der Waals surface area contributed by atoms with Gasteiger partial charge in [0.25, 0.3) is 5.76 Å². The van der Waals surface area contributed by atoms with E-state index in [1.165, 1.54) is 48.5 Å². The summed E-state index contributed by atoms with van der Waals surface area (Å²) >= 11 is 0. The fourth-order valence-electron chi connectivity index (χ4n) is 3.29. The summed E-state index contributed by atoms with van der Waals surface area (Å²) in [5, 5.41) is -0.220. The molecule has 190 valence electrons. The summed E-state index contributed by atoms with van der Waals surface area (Å²) in [6, 6.07) is 16.5. The topological polar surface area (TPSA) is 92.0 Å². The molecule has 0 unspecified atom stereocenters.